The lowest BCUT2D eigenvalue weighted by molar-refractivity contribution is -0.125. The molecule has 1 saturated heterocycles. The maximum Gasteiger partial charge on any atom is 0.253 e. The van der Waals surface area contributed by atoms with Crippen molar-refractivity contribution in [2.45, 2.75) is 38.1 Å². The highest BCUT2D eigenvalue weighted by atomic mass is 16.3. The van der Waals surface area contributed by atoms with Crippen LogP contribution in [0.15, 0.2) is 52.1 Å². The maximum atomic E-state index is 12.6. The first kappa shape index (κ1) is 20.4. The molecule has 5 rings (SSSR count). The summed E-state index contributed by atoms with van der Waals surface area (Å²) in [6.45, 7) is 2.35. The predicted molar refractivity (Wildman–Crippen MR) is 118 cm³/mol. The molecule has 0 radical (unpaired) electrons. The Hall–Kier alpha value is -3.49. The Balaban J connectivity index is 1.08. The fourth-order valence-corrected chi connectivity index (χ4v) is 4.07. The molecule has 9 nitrogen and oxygen atoms in total. The summed E-state index contributed by atoms with van der Waals surface area (Å²) in [4.78, 5) is 31.3. The van der Waals surface area contributed by atoms with Crippen LogP contribution in [0.3, 0.4) is 0 Å². The standard InChI is InChI=1S/C23H26N6O3/c30-22-14-19(16-3-4-16)25-15-29(22)12-9-24-23(31)17-7-10-28(11-8-17)21-6-5-18(26-27-21)20-2-1-13-32-20/h1-2,5-6,13-17H,3-4,7-12H2,(H,24,31). The summed E-state index contributed by atoms with van der Waals surface area (Å²) < 4.78 is 6.90. The Morgan fingerprint density at radius 3 is 2.62 bits per heavy atom. The molecule has 0 bridgehead atoms. The summed E-state index contributed by atoms with van der Waals surface area (Å²) in [6.07, 6.45) is 6.96. The van der Waals surface area contributed by atoms with Crippen LogP contribution >= 0.6 is 0 Å². The van der Waals surface area contributed by atoms with Crippen LogP contribution in [0, 0.1) is 5.92 Å². The third kappa shape index (κ3) is 4.56. The summed E-state index contributed by atoms with van der Waals surface area (Å²) in [7, 11) is 0. The lowest BCUT2D eigenvalue weighted by Crippen LogP contribution is -2.42. The summed E-state index contributed by atoms with van der Waals surface area (Å²) in [5.74, 6) is 1.97. The third-order valence-corrected chi connectivity index (χ3v) is 6.16. The minimum absolute atomic E-state index is 0.0336. The highest BCUT2D eigenvalue weighted by molar-refractivity contribution is 5.78. The number of amides is 1. The number of anilines is 1. The van der Waals surface area contributed by atoms with Crippen molar-refractivity contribution in [3.05, 3.63) is 59.0 Å². The van der Waals surface area contributed by atoms with E-state index >= 15 is 0 Å². The molecule has 1 aliphatic heterocycles. The van der Waals surface area contributed by atoms with Gasteiger partial charge in [-0.15, -0.1) is 10.2 Å². The Kier molecular flexibility index (Phi) is 5.70. The lowest BCUT2D eigenvalue weighted by atomic mass is 9.96. The van der Waals surface area contributed by atoms with Gasteiger partial charge < -0.3 is 14.6 Å². The molecule has 0 spiro atoms. The van der Waals surface area contributed by atoms with Crippen LogP contribution in [-0.2, 0) is 11.3 Å². The van der Waals surface area contributed by atoms with Crippen molar-refractivity contribution in [2.75, 3.05) is 24.5 Å². The number of hydrogen-bond acceptors (Lipinski definition) is 7. The normalized spacial score (nSPS) is 16.8. The Labute approximate surface area is 185 Å². The molecule has 3 aromatic heterocycles. The van der Waals surface area contributed by atoms with Gasteiger partial charge in [-0.1, -0.05) is 0 Å². The first-order valence-corrected chi connectivity index (χ1v) is 11.1. The molecule has 1 N–H and O–H groups in total. The van der Waals surface area contributed by atoms with E-state index in [4.69, 9.17) is 4.42 Å². The van der Waals surface area contributed by atoms with Gasteiger partial charge in [0.1, 0.15) is 5.69 Å². The van der Waals surface area contributed by atoms with Gasteiger partial charge in [-0.25, -0.2) is 4.98 Å². The first-order chi connectivity index (χ1) is 15.7. The SMILES string of the molecule is O=C(NCCn1cnc(C2CC2)cc1=O)C1CCN(c2ccc(-c3ccco3)nn2)CC1. The topological polar surface area (TPSA) is 106 Å². The van der Waals surface area contributed by atoms with Gasteiger partial charge in [0.25, 0.3) is 5.56 Å². The van der Waals surface area contributed by atoms with E-state index in [-0.39, 0.29) is 17.4 Å². The second-order valence-electron chi connectivity index (χ2n) is 8.43. The van der Waals surface area contributed by atoms with Crippen LogP contribution in [0.4, 0.5) is 5.82 Å². The zero-order valence-corrected chi connectivity index (χ0v) is 17.8. The molecule has 3 aromatic rings. The van der Waals surface area contributed by atoms with Gasteiger partial charge in [0.2, 0.25) is 5.91 Å². The minimum atomic E-state index is -0.0522. The number of nitrogens with zero attached hydrogens (tertiary/aromatic N) is 5. The fraction of sp³-hybridized carbons (Fsp3) is 0.435. The predicted octanol–water partition coefficient (Wildman–Crippen LogP) is 2.20. The highest BCUT2D eigenvalue weighted by Gasteiger charge is 2.26. The van der Waals surface area contributed by atoms with Gasteiger partial charge >= 0.3 is 0 Å². The van der Waals surface area contributed by atoms with Crippen LogP contribution in [0.25, 0.3) is 11.5 Å². The van der Waals surface area contributed by atoms with Crippen LogP contribution in [0.1, 0.15) is 37.3 Å². The number of rotatable bonds is 7. The smallest absolute Gasteiger partial charge is 0.253 e. The van der Waals surface area contributed by atoms with Crippen molar-refractivity contribution in [2.24, 2.45) is 5.92 Å². The summed E-state index contributed by atoms with van der Waals surface area (Å²) in [6, 6.07) is 9.13. The van der Waals surface area contributed by atoms with Crippen molar-refractivity contribution in [3.8, 4) is 11.5 Å². The van der Waals surface area contributed by atoms with Crippen molar-refractivity contribution < 1.29 is 9.21 Å². The second kappa shape index (κ2) is 8.94. The molecule has 32 heavy (non-hydrogen) atoms. The first-order valence-electron chi connectivity index (χ1n) is 11.1. The lowest BCUT2D eigenvalue weighted by Gasteiger charge is -2.31. The molecule has 1 aliphatic carbocycles. The number of carbonyl (C=O) groups is 1. The summed E-state index contributed by atoms with van der Waals surface area (Å²) in [5, 5.41) is 11.5. The minimum Gasteiger partial charge on any atom is -0.463 e. The highest BCUT2D eigenvalue weighted by Crippen LogP contribution is 2.38. The van der Waals surface area contributed by atoms with Crippen molar-refractivity contribution in [1.82, 2.24) is 25.1 Å². The molecule has 2 fully saturated rings. The van der Waals surface area contributed by atoms with Crippen LogP contribution in [0.2, 0.25) is 0 Å². The average Bonchev–Trinajstić information content (AvgIpc) is 3.54. The third-order valence-electron chi connectivity index (χ3n) is 6.16. The number of carbonyl (C=O) groups excluding carboxylic acids is 1. The average molecular weight is 435 g/mol. The zero-order chi connectivity index (χ0) is 21.9. The fourth-order valence-electron chi connectivity index (χ4n) is 4.07. The molecule has 0 aromatic carbocycles. The molecule has 0 atom stereocenters. The van der Waals surface area contributed by atoms with E-state index in [9.17, 15) is 9.59 Å². The van der Waals surface area contributed by atoms with E-state index in [1.165, 1.54) is 0 Å². The van der Waals surface area contributed by atoms with Gasteiger partial charge in [0, 0.05) is 44.1 Å². The molecular weight excluding hydrogens is 408 g/mol. The van der Waals surface area contributed by atoms with Crippen molar-refractivity contribution in [1.29, 1.82) is 0 Å². The van der Waals surface area contributed by atoms with Crippen LogP contribution < -0.4 is 15.8 Å². The molecular formula is C23H26N6O3. The summed E-state index contributed by atoms with van der Waals surface area (Å²) in [5.41, 5.74) is 1.54. The molecule has 9 heteroatoms. The van der Waals surface area contributed by atoms with Crippen LogP contribution in [0.5, 0.6) is 0 Å². The van der Waals surface area contributed by atoms with Crippen LogP contribution in [-0.4, -0.2) is 45.3 Å². The molecule has 4 heterocycles. The van der Waals surface area contributed by atoms with Crippen molar-refractivity contribution in [3.63, 3.8) is 0 Å². The molecule has 166 valence electrons. The number of piperidine rings is 1. The zero-order valence-electron chi connectivity index (χ0n) is 17.8. The van der Waals surface area contributed by atoms with E-state index in [1.54, 1.807) is 23.2 Å². The number of hydrogen-bond donors (Lipinski definition) is 1. The molecule has 1 saturated carbocycles. The second-order valence-corrected chi connectivity index (χ2v) is 8.43. The van der Waals surface area contributed by atoms with Gasteiger partial charge in [-0.2, -0.15) is 0 Å². The van der Waals surface area contributed by atoms with E-state index in [0.717, 1.165) is 50.3 Å². The number of aromatic nitrogens is 4. The Morgan fingerprint density at radius 1 is 1.12 bits per heavy atom. The monoisotopic (exact) mass is 434 g/mol. The molecule has 2 aliphatic rings. The Bertz CT molecular complexity index is 1110. The van der Waals surface area contributed by atoms with Gasteiger partial charge in [-0.3, -0.25) is 14.2 Å². The summed E-state index contributed by atoms with van der Waals surface area (Å²) >= 11 is 0. The van der Waals surface area contributed by atoms with Gasteiger partial charge in [0.15, 0.2) is 11.6 Å². The van der Waals surface area contributed by atoms with E-state index in [2.05, 4.69) is 25.4 Å². The van der Waals surface area contributed by atoms with Gasteiger partial charge in [0.05, 0.1) is 18.3 Å². The van der Waals surface area contributed by atoms with Crippen molar-refractivity contribution >= 4 is 11.7 Å². The quantitative estimate of drug-likeness (QED) is 0.608. The van der Waals surface area contributed by atoms with E-state index < -0.39 is 0 Å². The molecule has 1 amide bonds. The largest absolute Gasteiger partial charge is 0.463 e. The Morgan fingerprint density at radius 2 is 1.97 bits per heavy atom. The van der Waals surface area contributed by atoms with E-state index in [0.29, 0.717) is 30.5 Å². The number of furan rings is 1. The van der Waals surface area contributed by atoms with Gasteiger partial charge in [-0.05, 0) is 49.9 Å². The molecule has 0 unspecified atom stereocenters. The van der Waals surface area contributed by atoms with E-state index in [1.807, 2.05) is 24.3 Å². The number of nitrogens with one attached hydrogen (secondary N) is 1. The maximum absolute atomic E-state index is 12.6.